The molecule has 78 valence electrons. The summed E-state index contributed by atoms with van der Waals surface area (Å²) in [6.07, 6.45) is 0.969. The van der Waals surface area contributed by atoms with Gasteiger partial charge >= 0.3 is 0 Å². The number of anilines is 1. The van der Waals surface area contributed by atoms with Crippen molar-refractivity contribution >= 4 is 17.4 Å². The molecule has 0 amide bonds. The number of alkyl halides is 1. The van der Waals surface area contributed by atoms with Crippen LogP contribution in [0.3, 0.4) is 0 Å². The van der Waals surface area contributed by atoms with Crippen LogP contribution in [-0.2, 0) is 0 Å². The lowest BCUT2D eigenvalue weighted by molar-refractivity contribution is 0.573. The van der Waals surface area contributed by atoms with Crippen molar-refractivity contribution in [1.82, 2.24) is 4.98 Å². The summed E-state index contributed by atoms with van der Waals surface area (Å²) in [6, 6.07) is 0.792. The van der Waals surface area contributed by atoms with Crippen LogP contribution in [0.15, 0.2) is 12.3 Å². The Morgan fingerprint density at radius 1 is 1.57 bits per heavy atom. The number of pyridine rings is 1. The minimum Gasteiger partial charge on any atom is -0.367 e. The molecule has 5 heteroatoms. The fourth-order valence-corrected chi connectivity index (χ4v) is 0.979. The van der Waals surface area contributed by atoms with Gasteiger partial charge in [0.15, 0.2) is 11.6 Å². The van der Waals surface area contributed by atoms with Gasteiger partial charge in [0.25, 0.3) is 0 Å². The van der Waals surface area contributed by atoms with E-state index in [2.05, 4.69) is 10.3 Å². The van der Waals surface area contributed by atoms with E-state index < -0.39 is 11.6 Å². The van der Waals surface area contributed by atoms with Gasteiger partial charge in [-0.15, -0.1) is 11.6 Å². The van der Waals surface area contributed by atoms with Gasteiger partial charge in [-0.25, -0.2) is 13.8 Å². The van der Waals surface area contributed by atoms with E-state index in [1.807, 2.05) is 6.92 Å². The molecule has 0 saturated heterocycles. The van der Waals surface area contributed by atoms with Crippen molar-refractivity contribution in [1.29, 1.82) is 0 Å². The standard InChI is InChI=1S/C9H11ClF2N2/c1-6(3-10)4-13-9-8(12)2-7(11)5-14-9/h2,5-6H,3-4H2,1H3,(H,13,14). The number of hydrogen-bond donors (Lipinski definition) is 1. The van der Waals surface area contributed by atoms with Gasteiger partial charge < -0.3 is 5.32 Å². The third kappa shape index (κ3) is 3.10. The average Bonchev–Trinajstić information content (AvgIpc) is 2.16. The Hall–Kier alpha value is -0.900. The highest BCUT2D eigenvalue weighted by Crippen LogP contribution is 2.11. The van der Waals surface area contributed by atoms with Gasteiger partial charge in [-0.2, -0.15) is 0 Å². The van der Waals surface area contributed by atoms with Crippen LogP contribution in [0.25, 0.3) is 0 Å². The van der Waals surface area contributed by atoms with Crippen molar-refractivity contribution in [3.8, 4) is 0 Å². The number of rotatable bonds is 4. The number of hydrogen-bond acceptors (Lipinski definition) is 2. The molecule has 0 saturated carbocycles. The molecule has 0 spiro atoms. The lowest BCUT2D eigenvalue weighted by atomic mass is 10.2. The molecule has 0 radical (unpaired) electrons. The molecule has 0 aliphatic heterocycles. The van der Waals surface area contributed by atoms with Crippen molar-refractivity contribution in [2.24, 2.45) is 5.92 Å². The van der Waals surface area contributed by atoms with Gasteiger partial charge in [0, 0.05) is 18.5 Å². The summed E-state index contributed by atoms with van der Waals surface area (Å²) in [5, 5.41) is 2.75. The molecule has 0 bridgehead atoms. The van der Waals surface area contributed by atoms with Crippen molar-refractivity contribution in [2.45, 2.75) is 6.92 Å². The van der Waals surface area contributed by atoms with Crippen LogP contribution in [0, 0.1) is 17.6 Å². The van der Waals surface area contributed by atoms with E-state index in [-0.39, 0.29) is 11.7 Å². The Balaban J connectivity index is 2.59. The molecule has 0 aliphatic carbocycles. The van der Waals surface area contributed by atoms with Crippen molar-refractivity contribution < 1.29 is 8.78 Å². The fraction of sp³-hybridized carbons (Fsp3) is 0.444. The summed E-state index contributed by atoms with van der Waals surface area (Å²) < 4.78 is 25.5. The normalized spacial score (nSPS) is 12.6. The van der Waals surface area contributed by atoms with Crippen LogP contribution in [0.2, 0.25) is 0 Å². The lowest BCUT2D eigenvalue weighted by Gasteiger charge is -2.09. The Bertz CT molecular complexity index is 307. The van der Waals surface area contributed by atoms with Crippen molar-refractivity contribution in [3.05, 3.63) is 23.9 Å². The molecule has 1 N–H and O–H groups in total. The first kappa shape index (κ1) is 11.2. The fourth-order valence-electron chi connectivity index (χ4n) is 0.870. The zero-order valence-corrected chi connectivity index (χ0v) is 8.48. The maximum absolute atomic E-state index is 13.0. The monoisotopic (exact) mass is 220 g/mol. The topological polar surface area (TPSA) is 24.9 Å². The van der Waals surface area contributed by atoms with Crippen LogP contribution >= 0.6 is 11.6 Å². The van der Waals surface area contributed by atoms with E-state index in [4.69, 9.17) is 11.6 Å². The lowest BCUT2D eigenvalue weighted by Crippen LogP contribution is -2.14. The second kappa shape index (κ2) is 5.10. The summed E-state index contributed by atoms with van der Waals surface area (Å²) in [7, 11) is 0. The van der Waals surface area contributed by atoms with E-state index >= 15 is 0 Å². The zero-order chi connectivity index (χ0) is 10.6. The minimum absolute atomic E-state index is 0.0587. The highest BCUT2D eigenvalue weighted by atomic mass is 35.5. The summed E-state index contributed by atoms with van der Waals surface area (Å²) in [5.74, 6) is -0.619. The smallest absolute Gasteiger partial charge is 0.168 e. The van der Waals surface area contributed by atoms with Crippen molar-refractivity contribution in [2.75, 3.05) is 17.7 Å². The average molecular weight is 221 g/mol. The Morgan fingerprint density at radius 2 is 2.29 bits per heavy atom. The Kier molecular flexibility index (Phi) is 4.07. The van der Waals surface area contributed by atoms with E-state index in [0.29, 0.717) is 12.4 Å². The summed E-state index contributed by atoms with van der Waals surface area (Å²) in [4.78, 5) is 3.58. The predicted octanol–water partition coefficient (Wildman–Crippen LogP) is 2.65. The molecule has 1 rings (SSSR count). The molecule has 1 atom stereocenters. The molecule has 1 heterocycles. The SMILES string of the molecule is CC(CCl)CNc1ncc(F)cc1F. The van der Waals surface area contributed by atoms with Gasteiger partial charge in [-0.05, 0) is 5.92 Å². The molecule has 14 heavy (non-hydrogen) atoms. The zero-order valence-electron chi connectivity index (χ0n) is 7.73. The van der Waals surface area contributed by atoms with E-state index in [0.717, 1.165) is 12.3 Å². The molecule has 1 aromatic heterocycles. The Morgan fingerprint density at radius 3 is 2.86 bits per heavy atom. The van der Waals surface area contributed by atoms with Gasteiger partial charge in [0.05, 0.1) is 6.20 Å². The second-order valence-electron chi connectivity index (χ2n) is 3.12. The molecular formula is C9H11ClF2N2. The van der Waals surface area contributed by atoms with Crippen LogP contribution in [0.1, 0.15) is 6.92 Å². The highest BCUT2D eigenvalue weighted by Gasteiger charge is 2.06. The predicted molar refractivity (Wildman–Crippen MR) is 52.5 cm³/mol. The first-order chi connectivity index (χ1) is 6.63. The molecule has 0 aliphatic rings. The molecular weight excluding hydrogens is 210 g/mol. The number of aromatic nitrogens is 1. The molecule has 2 nitrogen and oxygen atoms in total. The Labute approximate surface area is 86.3 Å². The van der Waals surface area contributed by atoms with Crippen LogP contribution in [0.4, 0.5) is 14.6 Å². The van der Waals surface area contributed by atoms with Gasteiger partial charge in [-0.3, -0.25) is 0 Å². The van der Waals surface area contributed by atoms with E-state index in [1.54, 1.807) is 0 Å². The third-order valence-electron chi connectivity index (χ3n) is 1.69. The summed E-state index contributed by atoms with van der Waals surface area (Å²) in [6.45, 7) is 2.43. The maximum Gasteiger partial charge on any atom is 0.168 e. The number of nitrogens with one attached hydrogen (secondary N) is 1. The number of nitrogens with zero attached hydrogens (tertiary/aromatic N) is 1. The highest BCUT2D eigenvalue weighted by molar-refractivity contribution is 6.18. The number of halogens is 3. The largest absolute Gasteiger partial charge is 0.367 e. The molecule has 1 unspecified atom stereocenters. The van der Waals surface area contributed by atoms with E-state index in [9.17, 15) is 8.78 Å². The van der Waals surface area contributed by atoms with Gasteiger partial charge in [0.2, 0.25) is 0 Å². The molecule has 0 fully saturated rings. The summed E-state index contributed by atoms with van der Waals surface area (Å²) in [5.41, 5.74) is 0. The minimum atomic E-state index is -0.688. The van der Waals surface area contributed by atoms with Crippen LogP contribution in [0.5, 0.6) is 0 Å². The summed E-state index contributed by atoms with van der Waals surface area (Å²) >= 11 is 5.57. The first-order valence-corrected chi connectivity index (χ1v) is 4.77. The van der Waals surface area contributed by atoms with Crippen molar-refractivity contribution in [3.63, 3.8) is 0 Å². The maximum atomic E-state index is 13.0. The third-order valence-corrected chi connectivity index (χ3v) is 2.22. The second-order valence-corrected chi connectivity index (χ2v) is 3.43. The molecule has 1 aromatic rings. The van der Waals surface area contributed by atoms with E-state index in [1.165, 1.54) is 0 Å². The quantitative estimate of drug-likeness (QED) is 0.790. The first-order valence-electron chi connectivity index (χ1n) is 4.24. The van der Waals surface area contributed by atoms with Crippen LogP contribution < -0.4 is 5.32 Å². The molecule has 0 aromatic carbocycles. The van der Waals surface area contributed by atoms with Crippen LogP contribution in [-0.4, -0.2) is 17.4 Å². The van der Waals surface area contributed by atoms with Gasteiger partial charge in [0.1, 0.15) is 5.82 Å². The van der Waals surface area contributed by atoms with Gasteiger partial charge in [-0.1, -0.05) is 6.92 Å².